The topological polar surface area (TPSA) is 6.48 Å². The molecular formula is C14H29BN2S. The lowest BCUT2D eigenvalue weighted by Crippen LogP contribution is -2.55. The van der Waals surface area contributed by atoms with Crippen LogP contribution >= 0.6 is 11.6 Å². The van der Waals surface area contributed by atoms with Crippen LogP contribution in [0.5, 0.6) is 0 Å². The Morgan fingerprint density at radius 2 is 1.06 bits per heavy atom. The molecule has 0 aliphatic carbocycles. The van der Waals surface area contributed by atoms with Crippen molar-refractivity contribution in [1.29, 1.82) is 0 Å². The van der Waals surface area contributed by atoms with E-state index in [1.807, 2.05) is 11.6 Å². The molecule has 0 atom stereocenters. The van der Waals surface area contributed by atoms with E-state index in [4.69, 9.17) is 0 Å². The SMILES string of the molecule is CC(C)(C)SB1N(C(C)(C)C)C=CN1C(C)(C)C. The maximum absolute atomic E-state index is 2.47. The summed E-state index contributed by atoms with van der Waals surface area (Å²) < 4.78 is 0.254. The van der Waals surface area contributed by atoms with Crippen molar-refractivity contribution in [2.24, 2.45) is 0 Å². The third-order valence-corrected chi connectivity index (χ3v) is 4.24. The Balaban J connectivity index is 3.01. The summed E-state index contributed by atoms with van der Waals surface area (Å²) in [4.78, 5) is 4.93. The van der Waals surface area contributed by atoms with Crippen LogP contribution in [0.25, 0.3) is 0 Å². The van der Waals surface area contributed by atoms with E-state index in [1.54, 1.807) is 0 Å². The lowest BCUT2D eigenvalue weighted by Gasteiger charge is -2.44. The van der Waals surface area contributed by atoms with Crippen LogP contribution in [-0.2, 0) is 0 Å². The standard InChI is InChI=1S/C14H29BN2S/c1-12(2,3)16-10-11-17(13(4,5)6)15(16)18-14(7,8)9/h10-11H,1-9H3. The van der Waals surface area contributed by atoms with E-state index in [9.17, 15) is 0 Å². The molecular weight excluding hydrogens is 239 g/mol. The van der Waals surface area contributed by atoms with Crippen LogP contribution in [0.3, 0.4) is 0 Å². The van der Waals surface area contributed by atoms with E-state index in [0.29, 0.717) is 6.26 Å². The van der Waals surface area contributed by atoms with Gasteiger partial charge < -0.3 is 9.62 Å². The Morgan fingerprint density at radius 3 is 1.28 bits per heavy atom. The molecule has 0 aromatic rings. The van der Waals surface area contributed by atoms with E-state index in [-0.39, 0.29) is 15.8 Å². The molecule has 0 amide bonds. The Kier molecular flexibility index (Phi) is 4.13. The summed E-state index contributed by atoms with van der Waals surface area (Å²) in [6.45, 7) is 20.5. The summed E-state index contributed by atoms with van der Waals surface area (Å²) in [6.07, 6.45) is 4.87. The van der Waals surface area contributed by atoms with E-state index in [0.717, 1.165) is 0 Å². The second-order valence-electron chi connectivity index (χ2n) is 8.01. The largest absolute Gasteiger partial charge is 0.447 e. The lowest BCUT2D eigenvalue weighted by molar-refractivity contribution is 0.290. The molecule has 18 heavy (non-hydrogen) atoms. The average molecular weight is 268 g/mol. The van der Waals surface area contributed by atoms with Gasteiger partial charge in [0.15, 0.2) is 0 Å². The van der Waals surface area contributed by atoms with Gasteiger partial charge in [0, 0.05) is 28.2 Å². The molecule has 4 heteroatoms. The Hall–Kier alpha value is -0.245. The van der Waals surface area contributed by atoms with Gasteiger partial charge in [-0.15, -0.1) is 0 Å². The van der Waals surface area contributed by atoms with Gasteiger partial charge in [0.1, 0.15) is 0 Å². The van der Waals surface area contributed by atoms with Crippen molar-refractivity contribution >= 4 is 17.9 Å². The first kappa shape index (κ1) is 15.8. The van der Waals surface area contributed by atoms with Gasteiger partial charge in [-0.1, -0.05) is 20.8 Å². The van der Waals surface area contributed by atoms with Crippen molar-refractivity contribution in [2.45, 2.75) is 78.1 Å². The minimum absolute atomic E-state index is 0.152. The predicted octanol–water partition coefficient (Wildman–Crippen LogP) is 4.19. The molecule has 1 heterocycles. The van der Waals surface area contributed by atoms with Crippen molar-refractivity contribution in [3.05, 3.63) is 12.4 Å². The van der Waals surface area contributed by atoms with E-state index >= 15 is 0 Å². The summed E-state index contributed by atoms with van der Waals surface area (Å²) in [7, 11) is 0. The summed E-state index contributed by atoms with van der Waals surface area (Å²) in [6, 6.07) is 0. The van der Waals surface area contributed by atoms with Gasteiger partial charge in [0.25, 0.3) is 0 Å². The molecule has 0 saturated carbocycles. The highest BCUT2D eigenvalue weighted by Gasteiger charge is 2.44. The molecule has 0 radical (unpaired) electrons. The van der Waals surface area contributed by atoms with Crippen LogP contribution in [0.4, 0.5) is 0 Å². The summed E-state index contributed by atoms with van der Waals surface area (Å²) in [5, 5.41) is 0. The van der Waals surface area contributed by atoms with Gasteiger partial charge in [0.05, 0.1) is 0 Å². The number of hydrogen-bond donors (Lipinski definition) is 0. The maximum atomic E-state index is 2.47. The van der Waals surface area contributed by atoms with E-state index < -0.39 is 0 Å². The molecule has 1 rings (SSSR count). The molecule has 0 aromatic carbocycles. The highest BCUT2D eigenvalue weighted by molar-refractivity contribution is 8.25. The first-order chi connectivity index (χ1) is 7.82. The fourth-order valence-corrected chi connectivity index (χ4v) is 3.60. The smallest absolute Gasteiger partial charge is 0.387 e. The molecule has 0 fully saturated rings. The zero-order valence-corrected chi connectivity index (χ0v) is 14.4. The van der Waals surface area contributed by atoms with Gasteiger partial charge in [-0.05, 0) is 41.5 Å². The summed E-state index contributed by atoms with van der Waals surface area (Å²) in [5.74, 6) is 0. The predicted molar refractivity (Wildman–Crippen MR) is 85.4 cm³/mol. The van der Waals surface area contributed by atoms with Gasteiger partial charge in [-0.3, -0.25) is 0 Å². The van der Waals surface area contributed by atoms with Crippen LogP contribution in [0, 0.1) is 0 Å². The molecule has 0 N–H and O–H groups in total. The Bertz CT molecular complexity index is 296. The number of hydrogen-bond acceptors (Lipinski definition) is 3. The third-order valence-electron chi connectivity index (χ3n) is 2.87. The fourth-order valence-electron chi connectivity index (χ4n) is 1.96. The van der Waals surface area contributed by atoms with Crippen molar-refractivity contribution < 1.29 is 0 Å². The first-order valence-electron chi connectivity index (χ1n) is 6.75. The molecule has 0 spiro atoms. The molecule has 0 unspecified atom stereocenters. The number of rotatable bonds is 1. The zero-order valence-electron chi connectivity index (χ0n) is 13.5. The molecule has 1 aliphatic heterocycles. The second-order valence-corrected chi connectivity index (χ2v) is 9.89. The van der Waals surface area contributed by atoms with Crippen LogP contribution in [-0.4, -0.2) is 31.7 Å². The fraction of sp³-hybridized carbons (Fsp3) is 0.857. The normalized spacial score (nSPS) is 17.9. The molecule has 1 aliphatic rings. The Labute approximate surface area is 118 Å². The van der Waals surface area contributed by atoms with Crippen LogP contribution in [0.2, 0.25) is 0 Å². The van der Waals surface area contributed by atoms with Gasteiger partial charge in [-0.2, -0.15) is 11.6 Å². The van der Waals surface area contributed by atoms with Gasteiger partial charge in [-0.25, -0.2) is 0 Å². The third kappa shape index (κ3) is 3.87. The van der Waals surface area contributed by atoms with Crippen molar-refractivity contribution in [1.82, 2.24) is 9.62 Å². The van der Waals surface area contributed by atoms with Crippen molar-refractivity contribution in [3.63, 3.8) is 0 Å². The van der Waals surface area contributed by atoms with Crippen molar-refractivity contribution in [3.8, 4) is 0 Å². The molecule has 0 bridgehead atoms. The average Bonchev–Trinajstić information content (AvgIpc) is 2.41. The highest BCUT2D eigenvalue weighted by Crippen LogP contribution is 2.38. The van der Waals surface area contributed by atoms with Gasteiger partial charge in [0.2, 0.25) is 0 Å². The van der Waals surface area contributed by atoms with E-state index in [1.165, 1.54) is 0 Å². The number of nitrogens with zero attached hydrogens (tertiary/aromatic N) is 2. The quantitative estimate of drug-likeness (QED) is 0.658. The lowest BCUT2D eigenvalue weighted by atomic mass is 9.90. The summed E-state index contributed by atoms with van der Waals surface area (Å²) in [5.41, 5.74) is 0.304. The van der Waals surface area contributed by atoms with Gasteiger partial charge >= 0.3 is 6.26 Å². The molecule has 104 valence electrons. The monoisotopic (exact) mass is 268 g/mol. The van der Waals surface area contributed by atoms with Crippen LogP contribution < -0.4 is 0 Å². The molecule has 0 aromatic heterocycles. The summed E-state index contributed by atoms with van der Waals surface area (Å²) >= 11 is 2.02. The zero-order chi connectivity index (χ0) is 14.4. The maximum Gasteiger partial charge on any atom is 0.447 e. The first-order valence-corrected chi connectivity index (χ1v) is 7.63. The van der Waals surface area contributed by atoms with E-state index in [2.05, 4.69) is 84.3 Å². The van der Waals surface area contributed by atoms with Crippen LogP contribution in [0.15, 0.2) is 12.4 Å². The molecule has 0 saturated heterocycles. The molecule has 2 nitrogen and oxygen atoms in total. The van der Waals surface area contributed by atoms with Crippen LogP contribution in [0.1, 0.15) is 62.3 Å². The highest BCUT2D eigenvalue weighted by atomic mass is 32.2. The van der Waals surface area contributed by atoms with Crippen molar-refractivity contribution in [2.75, 3.05) is 0 Å². The second kappa shape index (κ2) is 4.70. The minimum atomic E-state index is 0.152. The minimum Gasteiger partial charge on any atom is -0.387 e. The Morgan fingerprint density at radius 1 is 0.722 bits per heavy atom.